The highest BCUT2D eigenvalue weighted by atomic mass is 15.3. The molecule has 1 N–H and O–H groups in total. The number of aliphatic imine (C=N–C) groups is 1. The van der Waals surface area contributed by atoms with Crippen molar-refractivity contribution in [3.05, 3.63) is 60.9 Å². The number of allylic oxidation sites excluding steroid dienone is 1. The second-order valence-corrected chi connectivity index (χ2v) is 5.71. The number of hydrogen-bond acceptors (Lipinski definition) is 2. The molecule has 0 atom stereocenters. The average molecular weight is 325 g/mol. The summed E-state index contributed by atoms with van der Waals surface area (Å²) in [4.78, 5) is 6.49. The van der Waals surface area contributed by atoms with Crippen LogP contribution in [0.1, 0.15) is 18.4 Å². The van der Waals surface area contributed by atoms with E-state index in [4.69, 9.17) is 0 Å². The van der Waals surface area contributed by atoms with Crippen LogP contribution in [0.25, 0.3) is 5.69 Å². The van der Waals surface area contributed by atoms with Crippen molar-refractivity contribution in [1.82, 2.24) is 20.0 Å². The standard InChI is InChI=1S/C19H27N5/c1-4-5-9-14-23(3)19(20-2)21-13-12-17-15-22-24(16-17)18-10-7-6-8-11-18/h4,6-8,10-11,15-16H,1,5,9,12-14H2,2-3H3,(H,20,21). The highest BCUT2D eigenvalue weighted by Gasteiger charge is 2.05. The first-order chi connectivity index (χ1) is 11.7. The van der Waals surface area contributed by atoms with Gasteiger partial charge in [-0.3, -0.25) is 4.99 Å². The van der Waals surface area contributed by atoms with Gasteiger partial charge in [-0.15, -0.1) is 6.58 Å². The Morgan fingerprint density at radius 2 is 2.17 bits per heavy atom. The molecule has 5 nitrogen and oxygen atoms in total. The van der Waals surface area contributed by atoms with Gasteiger partial charge in [0.2, 0.25) is 0 Å². The molecule has 24 heavy (non-hydrogen) atoms. The van der Waals surface area contributed by atoms with E-state index in [1.54, 1.807) is 0 Å². The van der Waals surface area contributed by atoms with Crippen LogP contribution in [0.3, 0.4) is 0 Å². The van der Waals surface area contributed by atoms with Crippen molar-refractivity contribution in [2.75, 3.05) is 27.2 Å². The number of para-hydroxylation sites is 1. The summed E-state index contributed by atoms with van der Waals surface area (Å²) in [5.41, 5.74) is 2.28. The molecular formula is C19H27N5. The van der Waals surface area contributed by atoms with Crippen molar-refractivity contribution in [3.8, 4) is 5.69 Å². The van der Waals surface area contributed by atoms with Gasteiger partial charge in [0.1, 0.15) is 0 Å². The molecule has 0 radical (unpaired) electrons. The van der Waals surface area contributed by atoms with Gasteiger partial charge in [-0.2, -0.15) is 5.10 Å². The molecule has 0 aliphatic carbocycles. The summed E-state index contributed by atoms with van der Waals surface area (Å²) in [7, 11) is 3.88. The zero-order valence-corrected chi connectivity index (χ0v) is 14.7. The van der Waals surface area contributed by atoms with Gasteiger partial charge in [-0.25, -0.2) is 4.68 Å². The average Bonchev–Trinajstić information content (AvgIpc) is 3.08. The van der Waals surface area contributed by atoms with Crippen LogP contribution in [0.4, 0.5) is 0 Å². The lowest BCUT2D eigenvalue weighted by molar-refractivity contribution is 0.470. The Labute approximate surface area is 144 Å². The molecule has 0 spiro atoms. The Kier molecular flexibility index (Phi) is 7.08. The van der Waals surface area contributed by atoms with E-state index in [1.165, 1.54) is 5.56 Å². The van der Waals surface area contributed by atoms with Crippen molar-refractivity contribution in [2.45, 2.75) is 19.3 Å². The van der Waals surface area contributed by atoms with Crippen LogP contribution in [-0.2, 0) is 6.42 Å². The Hall–Kier alpha value is -2.56. The van der Waals surface area contributed by atoms with Gasteiger partial charge < -0.3 is 10.2 Å². The van der Waals surface area contributed by atoms with Gasteiger partial charge in [0.05, 0.1) is 11.9 Å². The van der Waals surface area contributed by atoms with Gasteiger partial charge in [-0.05, 0) is 37.0 Å². The van der Waals surface area contributed by atoms with E-state index >= 15 is 0 Å². The fourth-order valence-electron chi connectivity index (χ4n) is 2.49. The van der Waals surface area contributed by atoms with Gasteiger partial charge in [0, 0.05) is 33.4 Å². The zero-order valence-electron chi connectivity index (χ0n) is 14.7. The van der Waals surface area contributed by atoms with E-state index < -0.39 is 0 Å². The Morgan fingerprint density at radius 3 is 2.88 bits per heavy atom. The molecule has 0 bridgehead atoms. The fraction of sp³-hybridized carbons (Fsp3) is 0.368. The van der Waals surface area contributed by atoms with E-state index in [9.17, 15) is 0 Å². The van der Waals surface area contributed by atoms with Crippen LogP contribution in [0, 0.1) is 0 Å². The lowest BCUT2D eigenvalue weighted by Gasteiger charge is -2.21. The first kappa shape index (κ1) is 17.8. The predicted molar refractivity (Wildman–Crippen MR) is 101 cm³/mol. The molecule has 2 rings (SSSR count). The van der Waals surface area contributed by atoms with Crippen molar-refractivity contribution in [1.29, 1.82) is 0 Å². The minimum absolute atomic E-state index is 0.832. The van der Waals surface area contributed by atoms with Crippen LogP contribution in [-0.4, -0.2) is 47.8 Å². The molecule has 1 heterocycles. The van der Waals surface area contributed by atoms with Gasteiger partial charge in [-0.1, -0.05) is 24.3 Å². The largest absolute Gasteiger partial charge is 0.356 e. The number of benzene rings is 1. The SMILES string of the molecule is C=CCCCN(C)C(=NC)NCCc1cnn(-c2ccccc2)c1. The summed E-state index contributed by atoms with van der Waals surface area (Å²) in [6.45, 7) is 5.56. The number of unbranched alkanes of at least 4 members (excludes halogenated alkanes) is 1. The normalized spacial score (nSPS) is 11.3. The summed E-state index contributed by atoms with van der Waals surface area (Å²) in [6.07, 6.45) is 8.98. The second kappa shape index (κ2) is 9.55. The van der Waals surface area contributed by atoms with Crippen LogP contribution in [0.2, 0.25) is 0 Å². The molecule has 0 unspecified atom stereocenters. The summed E-state index contributed by atoms with van der Waals surface area (Å²) in [5.74, 6) is 0.925. The fourth-order valence-corrected chi connectivity index (χ4v) is 2.49. The summed E-state index contributed by atoms with van der Waals surface area (Å²) < 4.78 is 1.91. The zero-order chi connectivity index (χ0) is 17.2. The first-order valence-corrected chi connectivity index (χ1v) is 8.36. The highest BCUT2D eigenvalue weighted by molar-refractivity contribution is 5.79. The number of nitrogens with one attached hydrogen (secondary N) is 1. The Bertz CT molecular complexity index is 645. The quantitative estimate of drug-likeness (QED) is 0.351. The molecule has 5 heteroatoms. The molecule has 0 aliphatic rings. The molecule has 0 saturated carbocycles. The van der Waals surface area contributed by atoms with Crippen LogP contribution >= 0.6 is 0 Å². The maximum atomic E-state index is 4.43. The molecule has 1 aromatic carbocycles. The van der Waals surface area contributed by atoms with Crippen LogP contribution < -0.4 is 5.32 Å². The molecule has 128 valence electrons. The van der Waals surface area contributed by atoms with E-state index in [-0.39, 0.29) is 0 Å². The molecule has 1 aromatic heterocycles. The number of aromatic nitrogens is 2. The lowest BCUT2D eigenvalue weighted by Crippen LogP contribution is -2.40. The van der Waals surface area contributed by atoms with Crippen molar-refractivity contribution in [2.24, 2.45) is 4.99 Å². The number of guanidine groups is 1. The number of nitrogens with zero attached hydrogens (tertiary/aromatic N) is 4. The molecule has 2 aromatic rings. The van der Waals surface area contributed by atoms with E-state index in [1.807, 2.05) is 42.2 Å². The topological polar surface area (TPSA) is 45.4 Å². The summed E-state index contributed by atoms with van der Waals surface area (Å²) in [5, 5.41) is 7.83. The van der Waals surface area contributed by atoms with Crippen LogP contribution in [0.15, 0.2) is 60.4 Å². The third-order valence-corrected chi connectivity index (χ3v) is 3.83. The van der Waals surface area contributed by atoms with Crippen molar-refractivity contribution < 1.29 is 0 Å². The maximum absolute atomic E-state index is 4.43. The smallest absolute Gasteiger partial charge is 0.193 e. The van der Waals surface area contributed by atoms with E-state index in [2.05, 4.69) is 52.3 Å². The van der Waals surface area contributed by atoms with Gasteiger partial charge >= 0.3 is 0 Å². The van der Waals surface area contributed by atoms with E-state index in [0.717, 1.165) is 44.0 Å². The van der Waals surface area contributed by atoms with Crippen LogP contribution in [0.5, 0.6) is 0 Å². The van der Waals surface area contributed by atoms with Gasteiger partial charge in [0.25, 0.3) is 0 Å². The number of rotatable bonds is 8. The minimum atomic E-state index is 0.832. The van der Waals surface area contributed by atoms with Gasteiger partial charge in [0.15, 0.2) is 5.96 Å². The third-order valence-electron chi connectivity index (χ3n) is 3.83. The minimum Gasteiger partial charge on any atom is -0.356 e. The highest BCUT2D eigenvalue weighted by Crippen LogP contribution is 2.07. The predicted octanol–water partition coefficient (Wildman–Crippen LogP) is 2.89. The number of hydrogen-bond donors (Lipinski definition) is 1. The molecule has 0 amide bonds. The Balaban J connectivity index is 1.81. The molecule has 0 fully saturated rings. The first-order valence-electron chi connectivity index (χ1n) is 8.36. The molecule has 0 saturated heterocycles. The van der Waals surface area contributed by atoms with Crippen molar-refractivity contribution in [3.63, 3.8) is 0 Å². The maximum Gasteiger partial charge on any atom is 0.193 e. The summed E-state index contributed by atoms with van der Waals surface area (Å²) >= 11 is 0. The lowest BCUT2D eigenvalue weighted by atomic mass is 10.2. The third kappa shape index (κ3) is 5.26. The molecular weight excluding hydrogens is 298 g/mol. The second-order valence-electron chi connectivity index (χ2n) is 5.71. The van der Waals surface area contributed by atoms with E-state index in [0.29, 0.717) is 0 Å². The monoisotopic (exact) mass is 325 g/mol. The van der Waals surface area contributed by atoms with Crippen molar-refractivity contribution >= 4 is 5.96 Å². The summed E-state index contributed by atoms with van der Waals surface area (Å²) in [6, 6.07) is 10.1. The molecule has 0 aliphatic heterocycles. The Morgan fingerprint density at radius 1 is 1.38 bits per heavy atom.